The largest absolute Gasteiger partial charge is 0.376 e. The smallest absolute Gasteiger partial charge is 0.0637 e. The van der Waals surface area contributed by atoms with Crippen LogP contribution in [0.4, 0.5) is 0 Å². The van der Waals surface area contributed by atoms with Crippen molar-refractivity contribution in [2.75, 3.05) is 13.2 Å². The second kappa shape index (κ2) is 7.00. The Balaban J connectivity index is 1.64. The molecular formula is C19H37NO. The Labute approximate surface area is 132 Å². The van der Waals surface area contributed by atoms with Gasteiger partial charge in [-0.05, 0) is 49.4 Å². The predicted molar refractivity (Wildman–Crippen MR) is 90.6 cm³/mol. The van der Waals surface area contributed by atoms with Gasteiger partial charge in [-0.15, -0.1) is 0 Å². The highest BCUT2D eigenvalue weighted by Gasteiger charge is 2.61. The Hall–Kier alpha value is -0.0800. The average Bonchev–Trinajstić information content (AvgIpc) is 2.77. The molecule has 2 aliphatic carbocycles. The Bertz CT molecular complexity index is 328. The van der Waals surface area contributed by atoms with Gasteiger partial charge in [0.1, 0.15) is 0 Å². The molecule has 0 spiro atoms. The molecule has 4 unspecified atom stereocenters. The first-order chi connectivity index (χ1) is 9.91. The Morgan fingerprint density at radius 1 is 1.24 bits per heavy atom. The second-order valence-electron chi connectivity index (χ2n) is 8.32. The number of unbranched alkanes of at least 4 members (excludes halogenated alkanes) is 2. The van der Waals surface area contributed by atoms with E-state index in [0.717, 1.165) is 19.1 Å². The van der Waals surface area contributed by atoms with Crippen LogP contribution in [0.5, 0.6) is 0 Å². The van der Waals surface area contributed by atoms with Crippen molar-refractivity contribution in [1.82, 2.24) is 5.32 Å². The van der Waals surface area contributed by atoms with Crippen LogP contribution in [0.25, 0.3) is 0 Å². The molecule has 0 saturated heterocycles. The highest BCUT2D eigenvalue weighted by atomic mass is 16.5. The molecular weight excluding hydrogens is 258 g/mol. The molecule has 0 radical (unpaired) electrons. The van der Waals surface area contributed by atoms with E-state index < -0.39 is 0 Å². The molecule has 0 amide bonds. The highest BCUT2D eigenvalue weighted by Crippen LogP contribution is 2.66. The number of hydrogen-bond acceptors (Lipinski definition) is 2. The summed E-state index contributed by atoms with van der Waals surface area (Å²) in [4.78, 5) is 0. The molecule has 0 aromatic rings. The number of rotatable bonds is 9. The molecule has 0 aromatic carbocycles. The third-order valence-electron chi connectivity index (χ3n) is 6.87. The summed E-state index contributed by atoms with van der Waals surface area (Å²) in [6.07, 6.45) is 9.86. The fourth-order valence-electron chi connectivity index (χ4n) is 4.69. The fraction of sp³-hybridized carbons (Fsp3) is 1.00. The van der Waals surface area contributed by atoms with Crippen LogP contribution in [0.2, 0.25) is 0 Å². The van der Waals surface area contributed by atoms with Gasteiger partial charge < -0.3 is 10.1 Å². The molecule has 4 atom stereocenters. The van der Waals surface area contributed by atoms with Crippen LogP contribution < -0.4 is 5.32 Å². The van der Waals surface area contributed by atoms with Crippen molar-refractivity contribution >= 4 is 0 Å². The van der Waals surface area contributed by atoms with Crippen molar-refractivity contribution in [3.05, 3.63) is 0 Å². The quantitative estimate of drug-likeness (QED) is 0.618. The summed E-state index contributed by atoms with van der Waals surface area (Å²) in [6.45, 7) is 13.8. The van der Waals surface area contributed by atoms with Crippen molar-refractivity contribution < 1.29 is 4.74 Å². The van der Waals surface area contributed by atoms with Gasteiger partial charge in [0.15, 0.2) is 0 Å². The molecule has 2 bridgehead atoms. The molecule has 2 aliphatic rings. The molecule has 0 aromatic heterocycles. The van der Waals surface area contributed by atoms with Gasteiger partial charge in [0, 0.05) is 12.6 Å². The SMILES string of the molecule is CCCCCC(C)NCCOC1CC2CCC1(C)C2(C)C. The molecule has 21 heavy (non-hydrogen) atoms. The minimum absolute atomic E-state index is 0.407. The van der Waals surface area contributed by atoms with Crippen LogP contribution in [0, 0.1) is 16.7 Å². The highest BCUT2D eigenvalue weighted by molar-refractivity contribution is 5.11. The molecule has 124 valence electrons. The summed E-state index contributed by atoms with van der Waals surface area (Å²) in [6, 6.07) is 0.632. The molecule has 2 nitrogen and oxygen atoms in total. The van der Waals surface area contributed by atoms with E-state index in [2.05, 4.69) is 39.9 Å². The zero-order valence-electron chi connectivity index (χ0n) is 15.0. The number of ether oxygens (including phenoxy) is 1. The van der Waals surface area contributed by atoms with Crippen molar-refractivity contribution in [2.24, 2.45) is 16.7 Å². The maximum atomic E-state index is 6.29. The summed E-state index contributed by atoms with van der Waals surface area (Å²) in [7, 11) is 0. The van der Waals surface area contributed by atoms with E-state index >= 15 is 0 Å². The molecule has 2 heteroatoms. The van der Waals surface area contributed by atoms with Gasteiger partial charge in [-0.3, -0.25) is 0 Å². The van der Waals surface area contributed by atoms with Crippen LogP contribution in [0.15, 0.2) is 0 Å². The van der Waals surface area contributed by atoms with E-state index in [1.165, 1.54) is 44.9 Å². The fourth-order valence-corrected chi connectivity index (χ4v) is 4.69. The lowest BCUT2D eigenvalue weighted by Crippen LogP contribution is -2.39. The van der Waals surface area contributed by atoms with Gasteiger partial charge in [0.05, 0.1) is 12.7 Å². The molecule has 0 aliphatic heterocycles. The van der Waals surface area contributed by atoms with Gasteiger partial charge in [-0.1, -0.05) is 47.0 Å². The molecule has 2 rings (SSSR count). The third-order valence-corrected chi connectivity index (χ3v) is 6.87. The first-order valence-corrected chi connectivity index (χ1v) is 9.26. The lowest BCUT2D eigenvalue weighted by molar-refractivity contribution is -0.0453. The number of fused-ring (bicyclic) bond motifs is 2. The van der Waals surface area contributed by atoms with Crippen molar-refractivity contribution in [2.45, 2.75) is 91.7 Å². The first-order valence-electron chi connectivity index (χ1n) is 9.26. The topological polar surface area (TPSA) is 21.3 Å². The number of nitrogens with one attached hydrogen (secondary N) is 1. The van der Waals surface area contributed by atoms with Gasteiger partial charge in [-0.25, -0.2) is 0 Å². The van der Waals surface area contributed by atoms with Crippen LogP contribution in [-0.4, -0.2) is 25.3 Å². The summed E-state index contributed by atoms with van der Waals surface area (Å²) in [5.74, 6) is 0.883. The molecule has 2 fully saturated rings. The van der Waals surface area contributed by atoms with E-state index in [4.69, 9.17) is 4.74 Å². The zero-order valence-corrected chi connectivity index (χ0v) is 15.0. The summed E-state index contributed by atoms with van der Waals surface area (Å²) in [5.41, 5.74) is 0.878. The van der Waals surface area contributed by atoms with Crippen molar-refractivity contribution in [3.8, 4) is 0 Å². The predicted octanol–water partition coefficient (Wildman–Crippen LogP) is 4.78. The lowest BCUT2D eigenvalue weighted by atomic mass is 9.70. The van der Waals surface area contributed by atoms with Crippen LogP contribution in [0.1, 0.15) is 79.6 Å². The van der Waals surface area contributed by atoms with Crippen molar-refractivity contribution in [3.63, 3.8) is 0 Å². The Kier molecular flexibility index (Phi) is 5.76. The van der Waals surface area contributed by atoms with Crippen LogP contribution in [-0.2, 0) is 4.74 Å². The Morgan fingerprint density at radius 2 is 2.00 bits per heavy atom. The minimum Gasteiger partial charge on any atom is -0.376 e. The van der Waals surface area contributed by atoms with E-state index in [1.54, 1.807) is 0 Å². The number of hydrogen-bond donors (Lipinski definition) is 1. The van der Waals surface area contributed by atoms with Gasteiger partial charge in [0.2, 0.25) is 0 Å². The average molecular weight is 296 g/mol. The maximum absolute atomic E-state index is 6.29. The van der Waals surface area contributed by atoms with Crippen molar-refractivity contribution in [1.29, 1.82) is 0 Å². The first kappa shape index (κ1) is 17.3. The van der Waals surface area contributed by atoms with Crippen LogP contribution >= 0.6 is 0 Å². The summed E-state index contributed by atoms with van der Waals surface area (Å²) in [5, 5.41) is 3.62. The lowest BCUT2D eigenvalue weighted by Gasteiger charge is -2.39. The summed E-state index contributed by atoms with van der Waals surface area (Å²) < 4.78 is 6.29. The normalized spacial score (nSPS) is 35.3. The van der Waals surface area contributed by atoms with Gasteiger partial charge >= 0.3 is 0 Å². The van der Waals surface area contributed by atoms with E-state index in [-0.39, 0.29) is 0 Å². The molecule has 1 N–H and O–H groups in total. The standard InChI is InChI=1S/C19H37NO/c1-6-7-8-9-15(2)20-12-13-21-17-14-16-10-11-19(17,5)18(16,3)4/h15-17,20H,6-14H2,1-5H3. The summed E-state index contributed by atoms with van der Waals surface area (Å²) >= 11 is 0. The van der Waals surface area contributed by atoms with E-state index in [9.17, 15) is 0 Å². The molecule has 2 saturated carbocycles. The zero-order chi connectivity index (χ0) is 15.5. The minimum atomic E-state index is 0.407. The maximum Gasteiger partial charge on any atom is 0.0637 e. The monoisotopic (exact) mass is 295 g/mol. The van der Waals surface area contributed by atoms with E-state index in [0.29, 0.717) is 23.0 Å². The van der Waals surface area contributed by atoms with Crippen LogP contribution in [0.3, 0.4) is 0 Å². The molecule has 0 heterocycles. The van der Waals surface area contributed by atoms with E-state index in [1.807, 2.05) is 0 Å². The van der Waals surface area contributed by atoms with Gasteiger partial charge in [0.25, 0.3) is 0 Å². The second-order valence-corrected chi connectivity index (χ2v) is 8.32. The third kappa shape index (κ3) is 3.47. The Morgan fingerprint density at radius 3 is 2.57 bits per heavy atom. The van der Waals surface area contributed by atoms with Gasteiger partial charge in [-0.2, -0.15) is 0 Å².